The third-order valence-corrected chi connectivity index (χ3v) is 2.76. The Morgan fingerprint density at radius 2 is 2.28 bits per heavy atom. The quantitative estimate of drug-likeness (QED) is 0.674. The average Bonchev–Trinajstić information content (AvgIpc) is 2.81. The number of nitrogens with one attached hydrogen (secondary N) is 2. The number of amides is 1. The number of nitrogens with zero attached hydrogens (tertiary/aromatic N) is 1. The Hall–Kier alpha value is -1.85. The normalized spacial score (nSPS) is 13.9. The Bertz CT molecular complexity index is 389. The number of aliphatic carboxylic acids is 1. The van der Waals surface area contributed by atoms with Crippen LogP contribution in [0.15, 0.2) is 12.5 Å². The summed E-state index contributed by atoms with van der Waals surface area (Å²) in [7, 11) is 0. The van der Waals surface area contributed by atoms with E-state index in [1.165, 1.54) is 6.33 Å². The lowest BCUT2D eigenvalue weighted by atomic mass is 10.0. The lowest BCUT2D eigenvalue weighted by Gasteiger charge is -2.16. The molecule has 1 aromatic heterocycles. The van der Waals surface area contributed by atoms with Crippen molar-refractivity contribution in [3.63, 3.8) is 0 Å². The van der Waals surface area contributed by atoms with Crippen LogP contribution >= 0.6 is 0 Å². The zero-order valence-electron chi connectivity index (χ0n) is 10.6. The maximum Gasteiger partial charge on any atom is 0.326 e. The van der Waals surface area contributed by atoms with Gasteiger partial charge in [-0.25, -0.2) is 9.78 Å². The third kappa shape index (κ3) is 4.20. The van der Waals surface area contributed by atoms with E-state index in [0.717, 1.165) is 12.8 Å². The number of aromatic amines is 1. The highest BCUT2D eigenvalue weighted by Crippen LogP contribution is 2.06. The first-order chi connectivity index (χ1) is 8.54. The van der Waals surface area contributed by atoms with Crippen LogP contribution in [0.2, 0.25) is 0 Å². The maximum atomic E-state index is 11.8. The molecule has 6 nitrogen and oxygen atoms in total. The van der Waals surface area contributed by atoms with Gasteiger partial charge in [0, 0.05) is 24.2 Å². The first-order valence-electron chi connectivity index (χ1n) is 6.05. The van der Waals surface area contributed by atoms with Crippen LogP contribution in [0.5, 0.6) is 0 Å². The molecule has 1 rings (SSSR count). The van der Waals surface area contributed by atoms with Crippen LogP contribution in [0, 0.1) is 5.92 Å². The monoisotopic (exact) mass is 253 g/mol. The van der Waals surface area contributed by atoms with Gasteiger partial charge in [0.25, 0.3) is 0 Å². The molecule has 2 atom stereocenters. The molecule has 0 aliphatic rings. The van der Waals surface area contributed by atoms with Gasteiger partial charge in [-0.15, -0.1) is 0 Å². The fraction of sp³-hybridized carbons (Fsp3) is 0.583. The second kappa shape index (κ2) is 6.78. The molecule has 0 spiro atoms. The van der Waals surface area contributed by atoms with Crippen LogP contribution in [0.4, 0.5) is 0 Å². The second-order valence-corrected chi connectivity index (χ2v) is 4.37. The van der Waals surface area contributed by atoms with E-state index in [0.29, 0.717) is 5.69 Å². The number of carboxylic acids is 1. The number of H-pyrrole nitrogens is 1. The fourth-order valence-electron chi connectivity index (χ4n) is 1.69. The number of hydrogen-bond acceptors (Lipinski definition) is 3. The molecule has 100 valence electrons. The number of carbonyl (C=O) groups is 2. The molecule has 1 aromatic rings. The van der Waals surface area contributed by atoms with Crippen molar-refractivity contribution in [1.82, 2.24) is 15.3 Å². The minimum absolute atomic E-state index is 0.168. The van der Waals surface area contributed by atoms with E-state index >= 15 is 0 Å². The minimum Gasteiger partial charge on any atom is -0.480 e. The molecular weight excluding hydrogens is 234 g/mol. The average molecular weight is 253 g/mol. The Labute approximate surface area is 106 Å². The van der Waals surface area contributed by atoms with E-state index in [1.54, 1.807) is 13.1 Å². The molecule has 0 fully saturated rings. The third-order valence-electron chi connectivity index (χ3n) is 2.76. The molecule has 0 saturated carbocycles. The lowest BCUT2D eigenvalue weighted by molar-refractivity contribution is -0.142. The Balaban J connectivity index is 2.58. The summed E-state index contributed by atoms with van der Waals surface area (Å²) in [4.78, 5) is 29.5. The molecule has 0 bridgehead atoms. The van der Waals surface area contributed by atoms with E-state index in [9.17, 15) is 9.59 Å². The molecule has 0 aliphatic carbocycles. The molecule has 0 aromatic carbocycles. The molecule has 0 radical (unpaired) electrons. The van der Waals surface area contributed by atoms with Gasteiger partial charge in [0.05, 0.1) is 6.33 Å². The van der Waals surface area contributed by atoms with Gasteiger partial charge in [-0.2, -0.15) is 0 Å². The van der Waals surface area contributed by atoms with Gasteiger partial charge < -0.3 is 15.4 Å². The Morgan fingerprint density at radius 1 is 1.56 bits per heavy atom. The van der Waals surface area contributed by atoms with E-state index in [1.807, 2.05) is 6.92 Å². The van der Waals surface area contributed by atoms with Crippen molar-refractivity contribution < 1.29 is 14.7 Å². The second-order valence-electron chi connectivity index (χ2n) is 4.37. The zero-order valence-corrected chi connectivity index (χ0v) is 10.6. The van der Waals surface area contributed by atoms with Gasteiger partial charge >= 0.3 is 5.97 Å². The van der Waals surface area contributed by atoms with Crippen LogP contribution in [0.1, 0.15) is 32.4 Å². The number of hydrogen-bond donors (Lipinski definition) is 3. The first kappa shape index (κ1) is 14.2. The number of aromatic nitrogens is 2. The number of rotatable bonds is 7. The molecule has 0 aliphatic heterocycles. The van der Waals surface area contributed by atoms with Crippen molar-refractivity contribution in [3.05, 3.63) is 18.2 Å². The van der Waals surface area contributed by atoms with Crippen LogP contribution in [-0.2, 0) is 16.0 Å². The molecule has 6 heteroatoms. The van der Waals surface area contributed by atoms with Crippen LogP contribution < -0.4 is 5.32 Å². The highest BCUT2D eigenvalue weighted by molar-refractivity contribution is 5.84. The summed E-state index contributed by atoms with van der Waals surface area (Å²) in [6, 6.07) is -0.919. The lowest BCUT2D eigenvalue weighted by Crippen LogP contribution is -2.44. The van der Waals surface area contributed by atoms with Gasteiger partial charge in [0.15, 0.2) is 0 Å². The summed E-state index contributed by atoms with van der Waals surface area (Å²) in [5.41, 5.74) is 0.686. The van der Waals surface area contributed by atoms with Crippen molar-refractivity contribution >= 4 is 11.9 Å². The van der Waals surface area contributed by atoms with Crippen LogP contribution in [-0.4, -0.2) is 33.0 Å². The summed E-state index contributed by atoms with van der Waals surface area (Å²) in [5, 5.41) is 11.6. The van der Waals surface area contributed by atoms with E-state index in [-0.39, 0.29) is 18.2 Å². The summed E-state index contributed by atoms with van der Waals surface area (Å²) in [5.74, 6) is -1.43. The van der Waals surface area contributed by atoms with Crippen molar-refractivity contribution in [1.29, 1.82) is 0 Å². The van der Waals surface area contributed by atoms with Gasteiger partial charge in [0.2, 0.25) is 5.91 Å². The molecule has 18 heavy (non-hydrogen) atoms. The predicted molar refractivity (Wildman–Crippen MR) is 65.9 cm³/mol. The van der Waals surface area contributed by atoms with Crippen molar-refractivity contribution in [2.75, 3.05) is 0 Å². The minimum atomic E-state index is -1.04. The van der Waals surface area contributed by atoms with Gasteiger partial charge in [-0.1, -0.05) is 20.3 Å². The SMILES string of the molecule is CCCC(C)C(=O)N[C@@H](Cc1cnc[nH]1)C(=O)O. The predicted octanol–water partition coefficient (Wildman–Crippen LogP) is 0.958. The molecule has 3 N–H and O–H groups in total. The van der Waals surface area contributed by atoms with Crippen molar-refractivity contribution in [2.45, 2.75) is 39.2 Å². The van der Waals surface area contributed by atoms with E-state index in [4.69, 9.17) is 5.11 Å². The highest BCUT2D eigenvalue weighted by Gasteiger charge is 2.23. The standard InChI is InChI=1S/C12H19N3O3/c1-3-4-8(2)11(16)15-10(12(17)18)5-9-6-13-7-14-9/h6-8,10H,3-5H2,1-2H3,(H,13,14)(H,15,16)(H,17,18)/t8?,10-/m0/s1. The fourth-order valence-corrected chi connectivity index (χ4v) is 1.69. The smallest absolute Gasteiger partial charge is 0.326 e. The van der Waals surface area contributed by atoms with Crippen molar-refractivity contribution in [3.8, 4) is 0 Å². The van der Waals surface area contributed by atoms with E-state index in [2.05, 4.69) is 15.3 Å². The molecule has 1 amide bonds. The molecule has 1 unspecified atom stereocenters. The zero-order chi connectivity index (χ0) is 13.5. The van der Waals surface area contributed by atoms with Gasteiger partial charge in [0.1, 0.15) is 6.04 Å². The first-order valence-corrected chi connectivity index (χ1v) is 6.05. The topological polar surface area (TPSA) is 95.1 Å². The highest BCUT2D eigenvalue weighted by atomic mass is 16.4. The summed E-state index contributed by atoms with van der Waals surface area (Å²) >= 11 is 0. The number of imidazole rings is 1. The van der Waals surface area contributed by atoms with Gasteiger partial charge in [-0.05, 0) is 6.42 Å². The largest absolute Gasteiger partial charge is 0.480 e. The summed E-state index contributed by atoms with van der Waals surface area (Å²) in [6.45, 7) is 3.79. The molecule has 0 saturated heterocycles. The molecular formula is C12H19N3O3. The summed E-state index contributed by atoms with van der Waals surface area (Å²) < 4.78 is 0. The number of carbonyl (C=O) groups excluding carboxylic acids is 1. The Morgan fingerprint density at radius 3 is 2.78 bits per heavy atom. The molecule has 1 heterocycles. The summed E-state index contributed by atoms with van der Waals surface area (Å²) in [6.07, 6.45) is 4.89. The number of carboxylic acid groups (broad SMARTS) is 1. The maximum absolute atomic E-state index is 11.8. The van der Waals surface area contributed by atoms with Crippen LogP contribution in [0.3, 0.4) is 0 Å². The van der Waals surface area contributed by atoms with Gasteiger partial charge in [-0.3, -0.25) is 4.79 Å². The Kier molecular flexibility index (Phi) is 5.35. The van der Waals surface area contributed by atoms with E-state index < -0.39 is 12.0 Å². The van der Waals surface area contributed by atoms with Crippen molar-refractivity contribution in [2.24, 2.45) is 5.92 Å². The van der Waals surface area contributed by atoms with Crippen LogP contribution in [0.25, 0.3) is 0 Å².